The van der Waals surface area contributed by atoms with E-state index in [9.17, 15) is 4.79 Å². The number of carbonyl (C=O) groups is 1. The molecule has 1 N–H and O–H groups in total. The van der Waals surface area contributed by atoms with Gasteiger partial charge in [-0.1, -0.05) is 64.5 Å². The largest absolute Gasteiger partial charge is 0.497 e. The van der Waals surface area contributed by atoms with E-state index in [0.717, 1.165) is 37.8 Å². The minimum Gasteiger partial charge on any atom is -0.497 e. The highest BCUT2D eigenvalue weighted by molar-refractivity contribution is 9.10. The summed E-state index contributed by atoms with van der Waals surface area (Å²) in [6.45, 7) is 0. The standard InChI is InChI=1S/C26H22BrNO2/c1-30-24-14-8-19(9-15-24)25(28-23-12-10-22(27)11-13-23)17-26(29)21-7-6-18-4-2-3-5-20(18)16-21/h2-16,25,28H,17H2,1H3. The van der Waals surface area contributed by atoms with Crippen molar-refractivity contribution in [3.8, 4) is 5.75 Å². The van der Waals surface area contributed by atoms with Crippen molar-refractivity contribution >= 4 is 38.2 Å². The van der Waals surface area contributed by atoms with Gasteiger partial charge in [0.05, 0.1) is 13.2 Å². The Hall–Kier alpha value is -3.11. The number of carbonyl (C=O) groups excluding carboxylic acids is 1. The second-order valence-electron chi connectivity index (χ2n) is 7.17. The topological polar surface area (TPSA) is 38.3 Å². The van der Waals surface area contributed by atoms with Crippen molar-refractivity contribution in [2.45, 2.75) is 12.5 Å². The summed E-state index contributed by atoms with van der Waals surface area (Å²) in [6.07, 6.45) is 0.348. The second kappa shape index (κ2) is 9.14. The Bertz CT molecular complexity index is 1150. The van der Waals surface area contributed by atoms with E-state index in [4.69, 9.17) is 4.74 Å². The first-order valence-electron chi connectivity index (χ1n) is 9.80. The van der Waals surface area contributed by atoms with Crippen LogP contribution >= 0.6 is 15.9 Å². The minimum atomic E-state index is -0.156. The van der Waals surface area contributed by atoms with Crippen molar-refractivity contribution in [1.29, 1.82) is 0 Å². The summed E-state index contributed by atoms with van der Waals surface area (Å²) < 4.78 is 6.29. The number of ketones is 1. The molecule has 4 aromatic rings. The van der Waals surface area contributed by atoms with Crippen molar-refractivity contribution in [1.82, 2.24) is 0 Å². The summed E-state index contributed by atoms with van der Waals surface area (Å²) in [4.78, 5) is 13.2. The summed E-state index contributed by atoms with van der Waals surface area (Å²) in [5.74, 6) is 0.896. The van der Waals surface area contributed by atoms with E-state index >= 15 is 0 Å². The van der Waals surface area contributed by atoms with Crippen LogP contribution in [0.5, 0.6) is 5.75 Å². The second-order valence-corrected chi connectivity index (χ2v) is 8.08. The monoisotopic (exact) mass is 459 g/mol. The van der Waals surface area contributed by atoms with Crippen LogP contribution in [-0.4, -0.2) is 12.9 Å². The van der Waals surface area contributed by atoms with Crippen molar-refractivity contribution in [3.63, 3.8) is 0 Å². The van der Waals surface area contributed by atoms with Crippen LogP contribution in [0, 0.1) is 0 Å². The summed E-state index contributed by atoms with van der Waals surface area (Å²) in [6, 6.07) is 29.6. The minimum absolute atomic E-state index is 0.103. The number of nitrogens with one attached hydrogen (secondary N) is 1. The van der Waals surface area contributed by atoms with E-state index in [-0.39, 0.29) is 11.8 Å². The van der Waals surface area contributed by atoms with Gasteiger partial charge < -0.3 is 10.1 Å². The molecule has 1 atom stereocenters. The highest BCUT2D eigenvalue weighted by atomic mass is 79.9. The zero-order valence-electron chi connectivity index (χ0n) is 16.6. The number of halogens is 1. The Labute approximate surface area is 184 Å². The molecule has 0 fully saturated rings. The Kier molecular flexibility index (Phi) is 6.15. The van der Waals surface area contributed by atoms with E-state index < -0.39 is 0 Å². The first-order valence-corrected chi connectivity index (χ1v) is 10.6. The van der Waals surface area contributed by atoms with Crippen molar-refractivity contribution < 1.29 is 9.53 Å². The first kappa shape index (κ1) is 20.2. The lowest BCUT2D eigenvalue weighted by atomic mass is 9.96. The number of hydrogen-bond acceptors (Lipinski definition) is 3. The molecule has 0 heterocycles. The van der Waals surface area contributed by atoms with Gasteiger partial charge in [0.25, 0.3) is 0 Å². The number of methoxy groups -OCH3 is 1. The molecule has 4 heteroatoms. The highest BCUT2D eigenvalue weighted by Crippen LogP contribution is 2.28. The Morgan fingerprint density at radius 2 is 1.60 bits per heavy atom. The maximum Gasteiger partial charge on any atom is 0.165 e. The molecule has 0 amide bonds. The number of hydrogen-bond donors (Lipinski definition) is 1. The first-order chi connectivity index (χ1) is 14.6. The number of fused-ring (bicyclic) bond motifs is 1. The van der Waals surface area contributed by atoms with Gasteiger partial charge in [-0.25, -0.2) is 0 Å². The Balaban J connectivity index is 1.61. The molecule has 0 saturated carbocycles. The Morgan fingerprint density at radius 1 is 0.900 bits per heavy atom. The van der Waals surface area contributed by atoms with Crippen molar-refractivity contribution in [2.75, 3.05) is 12.4 Å². The van der Waals surface area contributed by atoms with Crippen LogP contribution in [0.25, 0.3) is 10.8 Å². The molecule has 30 heavy (non-hydrogen) atoms. The molecule has 3 nitrogen and oxygen atoms in total. The molecule has 0 aliphatic heterocycles. The molecule has 1 unspecified atom stereocenters. The maximum atomic E-state index is 13.2. The maximum absolute atomic E-state index is 13.2. The molecule has 0 aliphatic carbocycles. The fraction of sp³-hybridized carbons (Fsp3) is 0.115. The van der Waals surface area contributed by atoms with Crippen LogP contribution in [0.3, 0.4) is 0 Å². The molecule has 150 valence electrons. The van der Waals surface area contributed by atoms with Gasteiger partial charge >= 0.3 is 0 Å². The van der Waals surface area contributed by atoms with Crippen LogP contribution < -0.4 is 10.1 Å². The molecule has 0 spiro atoms. The lowest BCUT2D eigenvalue weighted by molar-refractivity contribution is 0.0976. The SMILES string of the molecule is COc1ccc(C(CC(=O)c2ccc3ccccc3c2)Nc2ccc(Br)cc2)cc1. The third-order valence-corrected chi connectivity index (χ3v) is 5.69. The quantitative estimate of drug-likeness (QED) is 0.301. The van der Waals surface area contributed by atoms with Crippen molar-refractivity contribution in [2.24, 2.45) is 0 Å². The van der Waals surface area contributed by atoms with Crippen LogP contribution in [0.2, 0.25) is 0 Å². The molecule has 0 radical (unpaired) electrons. The van der Waals surface area contributed by atoms with Gasteiger partial charge in [0, 0.05) is 22.1 Å². The molecular formula is C26H22BrNO2. The lowest BCUT2D eigenvalue weighted by Crippen LogP contribution is -2.16. The summed E-state index contributed by atoms with van der Waals surface area (Å²) in [5, 5.41) is 5.72. The summed E-state index contributed by atoms with van der Waals surface area (Å²) in [5.41, 5.74) is 2.73. The molecule has 0 aliphatic rings. The normalized spacial score (nSPS) is 11.8. The highest BCUT2D eigenvalue weighted by Gasteiger charge is 2.18. The van der Waals surface area contributed by atoms with Crippen LogP contribution in [-0.2, 0) is 0 Å². The van der Waals surface area contributed by atoms with Crippen LogP contribution in [0.4, 0.5) is 5.69 Å². The van der Waals surface area contributed by atoms with Gasteiger partial charge in [-0.2, -0.15) is 0 Å². The number of ether oxygens (including phenoxy) is 1. The van der Waals surface area contributed by atoms with Gasteiger partial charge in [0.1, 0.15) is 5.75 Å². The molecule has 0 aromatic heterocycles. The molecule has 4 rings (SSSR count). The van der Waals surface area contributed by atoms with Gasteiger partial charge in [-0.3, -0.25) is 4.79 Å². The molecule has 0 saturated heterocycles. The summed E-state index contributed by atoms with van der Waals surface area (Å²) in [7, 11) is 1.65. The fourth-order valence-electron chi connectivity index (χ4n) is 3.50. The van der Waals surface area contributed by atoms with Gasteiger partial charge in [0.2, 0.25) is 0 Å². The van der Waals surface area contributed by atoms with Gasteiger partial charge in [-0.15, -0.1) is 0 Å². The number of anilines is 1. The van der Waals surface area contributed by atoms with Gasteiger partial charge in [0.15, 0.2) is 5.78 Å². The number of rotatable bonds is 7. The van der Waals surface area contributed by atoms with Gasteiger partial charge in [-0.05, 0) is 58.8 Å². The number of Topliss-reactive ketones (excluding diaryl/α,β-unsaturated/α-hetero) is 1. The smallest absolute Gasteiger partial charge is 0.165 e. The fourth-order valence-corrected chi connectivity index (χ4v) is 3.77. The average Bonchev–Trinajstić information content (AvgIpc) is 2.79. The lowest BCUT2D eigenvalue weighted by Gasteiger charge is -2.20. The third kappa shape index (κ3) is 4.71. The third-order valence-electron chi connectivity index (χ3n) is 5.16. The zero-order valence-corrected chi connectivity index (χ0v) is 18.2. The van der Waals surface area contributed by atoms with Crippen LogP contribution in [0.1, 0.15) is 28.4 Å². The molecule has 4 aromatic carbocycles. The van der Waals surface area contributed by atoms with Crippen molar-refractivity contribution in [3.05, 3.63) is 107 Å². The van der Waals surface area contributed by atoms with E-state index in [1.54, 1.807) is 7.11 Å². The van der Waals surface area contributed by atoms with E-state index in [1.807, 2.05) is 84.9 Å². The van der Waals surface area contributed by atoms with E-state index in [1.165, 1.54) is 0 Å². The average molecular weight is 460 g/mol. The predicted octanol–water partition coefficient (Wildman–Crippen LogP) is 7.04. The zero-order chi connectivity index (χ0) is 20.9. The summed E-state index contributed by atoms with van der Waals surface area (Å²) >= 11 is 3.47. The van der Waals surface area contributed by atoms with E-state index in [0.29, 0.717) is 6.42 Å². The predicted molar refractivity (Wildman–Crippen MR) is 126 cm³/mol. The van der Waals surface area contributed by atoms with Crippen LogP contribution in [0.15, 0.2) is 95.5 Å². The number of benzene rings is 4. The molecular weight excluding hydrogens is 438 g/mol. The molecule has 0 bridgehead atoms. The van der Waals surface area contributed by atoms with E-state index in [2.05, 4.69) is 27.3 Å². The Morgan fingerprint density at radius 3 is 2.30 bits per heavy atom.